The van der Waals surface area contributed by atoms with Crippen molar-refractivity contribution in [1.29, 1.82) is 0 Å². The first kappa shape index (κ1) is 10.4. The van der Waals surface area contributed by atoms with Gasteiger partial charge in [-0.2, -0.15) is 0 Å². The van der Waals surface area contributed by atoms with Crippen molar-refractivity contribution in [3.05, 3.63) is 29.8 Å². The minimum absolute atomic E-state index is 0.493. The van der Waals surface area contributed by atoms with E-state index in [9.17, 15) is 11.7 Å². The van der Waals surface area contributed by atoms with Crippen molar-refractivity contribution >= 4 is 11.2 Å². The third kappa shape index (κ3) is 2.95. The molecule has 0 aliphatic heterocycles. The molecule has 0 fully saturated rings. The average Bonchev–Trinajstić information content (AvgIpc) is 2.04. The second-order valence-electron chi connectivity index (χ2n) is 2.80. The molecule has 0 N–H and O–H groups in total. The molecule has 1 aromatic carbocycles. The zero-order valence-electron chi connectivity index (χ0n) is 7.27. The molecule has 0 unspecified atom stereocenters. The summed E-state index contributed by atoms with van der Waals surface area (Å²) in [4.78, 5) is -0.493. The van der Waals surface area contributed by atoms with Gasteiger partial charge in [0.25, 0.3) is 0 Å². The number of hydrogen-bond acceptors (Lipinski definition) is 0. The second kappa shape index (κ2) is 4.05. The Morgan fingerprint density at radius 2 is 1.62 bits per heavy atom. The molecule has 74 valence electrons. The van der Waals surface area contributed by atoms with Crippen LogP contribution in [0.15, 0.2) is 29.2 Å². The fourth-order valence-electron chi connectivity index (χ4n) is 1.10. The van der Waals surface area contributed by atoms with Crippen LogP contribution in [0.5, 0.6) is 0 Å². The second-order valence-corrected chi connectivity index (χ2v) is 4.08. The van der Waals surface area contributed by atoms with E-state index < -0.39 is 16.1 Å². The Bertz CT molecular complexity index is 263. The van der Waals surface area contributed by atoms with Gasteiger partial charge in [0, 0.05) is 0 Å². The van der Waals surface area contributed by atoms with E-state index in [2.05, 4.69) is 0 Å². The van der Waals surface area contributed by atoms with E-state index >= 15 is 0 Å². The minimum atomic E-state index is -5.03. The molecule has 0 radical (unpaired) electrons. The number of halogens is 3. The Morgan fingerprint density at radius 1 is 1.08 bits per heavy atom. The van der Waals surface area contributed by atoms with Crippen molar-refractivity contribution < 1.29 is 11.7 Å². The largest absolute Gasteiger partial charge is 0.237 e. The maximum Gasteiger partial charge on any atom is 0.237 e. The highest BCUT2D eigenvalue weighted by molar-refractivity contribution is 8.20. The third-order valence-corrected chi connectivity index (χ3v) is 2.54. The van der Waals surface area contributed by atoms with Gasteiger partial charge in [-0.25, -0.2) is 0 Å². The summed E-state index contributed by atoms with van der Waals surface area (Å²) in [5.74, 6) is 0. The van der Waals surface area contributed by atoms with E-state index in [1.807, 2.05) is 6.92 Å². The zero-order chi connectivity index (χ0) is 9.90. The molecule has 0 aromatic heterocycles. The SMILES string of the molecule is CCCc1ccc(S(F)(F)F)cc1. The Labute approximate surface area is 78.0 Å². The van der Waals surface area contributed by atoms with Crippen LogP contribution in [0.3, 0.4) is 0 Å². The molecule has 0 spiro atoms. The topological polar surface area (TPSA) is 0 Å². The Hall–Kier alpha value is -0.640. The summed E-state index contributed by atoms with van der Waals surface area (Å²) >= 11 is -5.03. The van der Waals surface area contributed by atoms with Gasteiger partial charge in [-0.15, -0.1) is 11.7 Å². The monoisotopic (exact) mass is 208 g/mol. The Morgan fingerprint density at radius 3 is 2.00 bits per heavy atom. The summed E-state index contributed by atoms with van der Waals surface area (Å²) in [6.45, 7) is 2.00. The summed E-state index contributed by atoms with van der Waals surface area (Å²) in [7, 11) is 0. The van der Waals surface area contributed by atoms with Gasteiger partial charge in [0.05, 0.1) is 4.90 Å². The molecular formula is C9H11F3S. The molecule has 0 bridgehead atoms. The first-order chi connectivity index (χ1) is 6.04. The molecule has 13 heavy (non-hydrogen) atoms. The van der Waals surface area contributed by atoms with Crippen molar-refractivity contribution in [3.8, 4) is 0 Å². The Balaban J connectivity index is 2.81. The molecule has 0 amide bonds. The highest BCUT2D eigenvalue weighted by Crippen LogP contribution is 2.60. The van der Waals surface area contributed by atoms with E-state index in [1.165, 1.54) is 12.1 Å². The summed E-state index contributed by atoms with van der Waals surface area (Å²) in [5.41, 5.74) is 0.968. The van der Waals surface area contributed by atoms with Crippen molar-refractivity contribution in [2.24, 2.45) is 0 Å². The lowest BCUT2D eigenvalue weighted by Crippen LogP contribution is -1.84. The van der Waals surface area contributed by atoms with Gasteiger partial charge in [0.1, 0.15) is 0 Å². The molecule has 0 heterocycles. The normalized spacial score (nSPS) is 12.9. The first-order valence-corrected chi connectivity index (χ1v) is 5.38. The molecule has 1 rings (SSSR count). The van der Waals surface area contributed by atoms with E-state index in [4.69, 9.17) is 0 Å². The lowest BCUT2D eigenvalue weighted by Gasteiger charge is -2.09. The van der Waals surface area contributed by atoms with E-state index in [-0.39, 0.29) is 0 Å². The van der Waals surface area contributed by atoms with Crippen LogP contribution in [0.2, 0.25) is 0 Å². The maximum atomic E-state index is 12.2. The summed E-state index contributed by atoms with van der Waals surface area (Å²) < 4.78 is 36.6. The number of benzene rings is 1. The summed E-state index contributed by atoms with van der Waals surface area (Å²) in [6.07, 6.45) is 1.80. The average molecular weight is 208 g/mol. The highest BCUT2D eigenvalue weighted by atomic mass is 32.3. The number of hydrogen-bond donors (Lipinski definition) is 0. The van der Waals surface area contributed by atoms with Crippen LogP contribution in [0.1, 0.15) is 18.9 Å². The van der Waals surface area contributed by atoms with Gasteiger partial charge in [0.15, 0.2) is 0 Å². The molecule has 1 aromatic rings. The van der Waals surface area contributed by atoms with Gasteiger partial charge in [-0.1, -0.05) is 25.5 Å². The van der Waals surface area contributed by atoms with Crippen molar-refractivity contribution in [2.45, 2.75) is 24.7 Å². The Kier molecular flexibility index (Phi) is 3.25. The van der Waals surface area contributed by atoms with Crippen LogP contribution >= 0.6 is 11.2 Å². The van der Waals surface area contributed by atoms with Crippen LogP contribution in [0, 0.1) is 0 Å². The molecule has 0 atom stereocenters. The van der Waals surface area contributed by atoms with E-state index in [0.29, 0.717) is 0 Å². The standard InChI is InChI=1S/C9H11F3S/c1-2-3-8-4-6-9(7-5-8)13(10,11)12/h4-7H,2-3H2,1H3. The third-order valence-electron chi connectivity index (χ3n) is 1.73. The van der Waals surface area contributed by atoms with E-state index in [0.717, 1.165) is 18.4 Å². The van der Waals surface area contributed by atoms with Crippen LogP contribution in [-0.2, 0) is 6.42 Å². The van der Waals surface area contributed by atoms with Crippen molar-refractivity contribution in [1.82, 2.24) is 0 Å². The first-order valence-electron chi connectivity index (χ1n) is 4.05. The molecule has 0 saturated carbocycles. The fraction of sp³-hybridized carbons (Fsp3) is 0.333. The lowest BCUT2D eigenvalue weighted by atomic mass is 10.1. The maximum absolute atomic E-state index is 12.2. The van der Waals surface area contributed by atoms with Gasteiger partial charge in [-0.05, 0) is 24.1 Å². The van der Waals surface area contributed by atoms with E-state index in [1.54, 1.807) is 12.1 Å². The molecular weight excluding hydrogens is 197 g/mol. The fourth-order valence-corrected chi connectivity index (χ4v) is 1.54. The summed E-state index contributed by atoms with van der Waals surface area (Å²) in [6, 6.07) is 5.44. The quantitative estimate of drug-likeness (QED) is 0.688. The highest BCUT2D eigenvalue weighted by Gasteiger charge is 2.23. The van der Waals surface area contributed by atoms with Crippen molar-refractivity contribution in [3.63, 3.8) is 0 Å². The number of rotatable bonds is 3. The van der Waals surface area contributed by atoms with Gasteiger partial charge in [0.2, 0.25) is 11.2 Å². The van der Waals surface area contributed by atoms with Gasteiger partial charge < -0.3 is 0 Å². The smallest absolute Gasteiger partial charge is 0.120 e. The van der Waals surface area contributed by atoms with Crippen LogP contribution in [0.25, 0.3) is 0 Å². The van der Waals surface area contributed by atoms with Crippen LogP contribution < -0.4 is 0 Å². The molecule has 0 saturated heterocycles. The van der Waals surface area contributed by atoms with Crippen LogP contribution in [0.4, 0.5) is 11.7 Å². The van der Waals surface area contributed by atoms with Gasteiger partial charge >= 0.3 is 0 Å². The molecule has 0 aliphatic rings. The minimum Gasteiger partial charge on any atom is -0.120 e. The summed E-state index contributed by atoms with van der Waals surface area (Å²) in [5, 5.41) is 0. The van der Waals surface area contributed by atoms with Gasteiger partial charge in [-0.3, -0.25) is 0 Å². The lowest BCUT2D eigenvalue weighted by molar-refractivity contribution is 0.633. The number of aryl methyl sites for hydroxylation is 1. The van der Waals surface area contributed by atoms with Crippen LogP contribution in [-0.4, -0.2) is 0 Å². The predicted octanol–water partition coefficient (Wildman–Crippen LogP) is 4.46. The predicted molar refractivity (Wildman–Crippen MR) is 49.6 cm³/mol. The molecule has 0 nitrogen and oxygen atoms in total. The molecule has 4 heteroatoms. The van der Waals surface area contributed by atoms with Crippen molar-refractivity contribution in [2.75, 3.05) is 0 Å². The zero-order valence-corrected chi connectivity index (χ0v) is 8.08. The molecule has 0 aliphatic carbocycles.